The highest BCUT2D eigenvalue weighted by Gasteiger charge is 2.11. The highest BCUT2D eigenvalue weighted by Crippen LogP contribution is 2.07. The third-order valence-corrected chi connectivity index (χ3v) is 3.23. The van der Waals surface area contributed by atoms with E-state index < -0.39 is 23.4 Å². The van der Waals surface area contributed by atoms with Crippen molar-refractivity contribution in [3.63, 3.8) is 0 Å². The molecule has 0 aliphatic rings. The van der Waals surface area contributed by atoms with E-state index in [0.717, 1.165) is 18.6 Å². The van der Waals surface area contributed by atoms with Gasteiger partial charge in [0.1, 0.15) is 11.6 Å². The Morgan fingerprint density at radius 3 is 2.25 bits per heavy atom. The van der Waals surface area contributed by atoms with Crippen molar-refractivity contribution >= 4 is 17.7 Å². The number of nitrogens with one attached hydrogen (secondary N) is 3. The van der Waals surface area contributed by atoms with Gasteiger partial charge in [0.2, 0.25) is 11.8 Å². The predicted molar refractivity (Wildman–Crippen MR) is 84.2 cm³/mol. The number of halogens is 2. The molecule has 0 saturated heterocycles. The average Bonchev–Trinajstić information content (AvgIpc) is 2.51. The Bertz CT molecular complexity index is 588. The maximum Gasteiger partial charge on any atom is 0.251 e. The Balaban J connectivity index is 2.31. The fourth-order valence-electron chi connectivity index (χ4n) is 1.77. The molecule has 0 bridgehead atoms. The van der Waals surface area contributed by atoms with Crippen molar-refractivity contribution in [2.75, 3.05) is 13.1 Å². The summed E-state index contributed by atoms with van der Waals surface area (Å²) in [4.78, 5) is 34.8. The number of benzene rings is 1. The lowest BCUT2D eigenvalue weighted by molar-refractivity contribution is -0.122. The van der Waals surface area contributed by atoms with Crippen LogP contribution in [0, 0.1) is 11.6 Å². The second-order valence-corrected chi connectivity index (χ2v) is 5.32. The second-order valence-electron chi connectivity index (χ2n) is 5.32. The minimum absolute atomic E-state index is 0.0687. The van der Waals surface area contributed by atoms with Crippen LogP contribution in [0.25, 0.3) is 0 Å². The lowest BCUT2D eigenvalue weighted by Crippen LogP contribution is -2.39. The number of hydrogen-bond donors (Lipinski definition) is 3. The van der Waals surface area contributed by atoms with Crippen molar-refractivity contribution in [1.29, 1.82) is 0 Å². The van der Waals surface area contributed by atoms with E-state index in [2.05, 4.69) is 16.0 Å². The molecule has 0 aliphatic carbocycles. The molecule has 0 radical (unpaired) electrons. The van der Waals surface area contributed by atoms with E-state index in [1.807, 2.05) is 13.8 Å². The Morgan fingerprint density at radius 2 is 1.67 bits per heavy atom. The number of amides is 3. The van der Waals surface area contributed by atoms with Crippen LogP contribution >= 0.6 is 0 Å². The van der Waals surface area contributed by atoms with Crippen LogP contribution in [0.5, 0.6) is 0 Å². The first-order valence-corrected chi connectivity index (χ1v) is 7.62. The van der Waals surface area contributed by atoms with Gasteiger partial charge in [0.25, 0.3) is 5.91 Å². The first kappa shape index (κ1) is 19.5. The fraction of sp³-hybridized carbons (Fsp3) is 0.438. The molecule has 8 heteroatoms. The van der Waals surface area contributed by atoms with E-state index in [1.54, 1.807) is 0 Å². The molecule has 6 nitrogen and oxygen atoms in total. The average molecular weight is 341 g/mol. The van der Waals surface area contributed by atoms with Crippen molar-refractivity contribution in [3.8, 4) is 0 Å². The number of carbonyl (C=O) groups excluding carboxylic acids is 3. The van der Waals surface area contributed by atoms with Crippen LogP contribution in [-0.4, -0.2) is 36.9 Å². The Labute approximate surface area is 139 Å². The van der Waals surface area contributed by atoms with Crippen LogP contribution < -0.4 is 16.0 Å². The summed E-state index contributed by atoms with van der Waals surface area (Å²) in [6, 6.07) is 2.46. The van der Waals surface area contributed by atoms with Gasteiger partial charge >= 0.3 is 0 Å². The fourth-order valence-corrected chi connectivity index (χ4v) is 1.77. The second kappa shape index (κ2) is 9.59. The minimum Gasteiger partial charge on any atom is -0.354 e. The molecule has 1 aromatic carbocycles. The van der Waals surface area contributed by atoms with E-state index in [0.29, 0.717) is 6.07 Å². The van der Waals surface area contributed by atoms with Gasteiger partial charge in [0.05, 0.1) is 6.54 Å². The molecule has 0 aliphatic heterocycles. The Hall–Kier alpha value is -2.51. The monoisotopic (exact) mass is 341 g/mol. The van der Waals surface area contributed by atoms with Gasteiger partial charge in [-0.15, -0.1) is 0 Å². The molecular formula is C16H21F2N3O3. The summed E-state index contributed by atoms with van der Waals surface area (Å²) in [5.41, 5.74) is -0.215. The molecule has 1 atom stereocenters. The summed E-state index contributed by atoms with van der Waals surface area (Å²) >= 11 is 0. The highest BCUT2D eigenvalue weighted by molar-refractivity contribution is 5.96. The summed E-state index contributed by atoms with van der Waals surface area (Å²) in [7, 11) is 0. The zero-order valence-electron chi connectivity index (χ0n) is 13.6. The van der Waals surface area contributed by atoms with Gasteiger partial charge in [0, 0.05) is 30.6 Å². The molecule has 0 spiro atoms. The van der Waals surface area contributed by atoms with E-state index >= 15 is 0 Å². The molecule has 3 N–H and O–H groups in total. The lowest BCUT2D eigenvalue weighted by atomic mass is 10.2. The molecule has 0 heterocycles. The van der Waals surface area contributed by atoms with Gasteiger partial charge in [-0.25, -0.2) is 8.78 Å². The summed E-state index contributed by atoms with van der Waals surface area (Å²) in [6.07, 6.45) is 0.934. The van der Waals surface area contributed by atoms with Gasteiger partial charge in [-0.2, -0.15) is 0 Å². The molecule has 24 heavy (non-hydrogen) atoms. The van der Waals surface area contributed by atoms with Gasteiger partial charge in [-0.05, 0) is 25.5 Å². The zero-order chi connectivity index (χ0) is 18.1. The lowest BCUT2D eigenvalue weighted by Gasteiger charge is -2.11. The predicted octanol–water partition coefficient (Wildman–Crippen LogP) is 1.12. The van der Waals surface area contributed by atoms with E-state index in [4.69, 9.17) is 0 Å². The van der Waals surface area contributed by atoms with Crippen LogP contribution in [0.15, 0.2) is 18.2 Å². The van der Waals surface area contributed by atoms with E-state index in [9.17, 15) is 23.2 Å². The zero-order valence-corrected chi connectivity index (χ0v) is 13.6. The van der Waals surface area contributed by atoms with Gasteiger partial charge < -0.3 is 16.0 Å². The molecule has 3 amide bonds. The van der Waals surface area contributed by atoms with Gasteiger partial charge in [-0.3, -0.25) is 14.4 Å². The van der Waals surface area contributed by atoms with Crippen LogP contribution in [0.2, 0.25) is 0 Å². The van der Waals surface area contributed by atoms with Crippen LogP contribution in [-0.2, 0) is 9.59 Å². The number of carbonyl (C=O) groups is 3. The summed E-state index contributed by atoms with van der Waals surface area (Å²) in [5.74, 6) is -3.20. The SMILES string of the molecule is CC[C@H](C)NC(=O)CCNC(=O)CNC(=O)c1cc(F)cc(F)c1. The molecule has 0 unspecified atom stereocenters. The van der Waals surface area contributed by atoms with Crippen molar-refractivity contribution in [2.45, 2.75) is 32.7 Å². The number of hydrogen-bond acceptors (Lipinski definition) is 3. The standard InChI is InChI=1S/C16H21F2N3O3/c1-3-10(2)21-14(22)4-5-19-15(23)9-20-16(24)11-6-12(17)8-13(18)7-11/h6-8,10H,3-5,9H2,1-2H3,(H,19,23)(H,20,24)(H,21,22)/t10-/m0/s1. The highest BCUT2D eigenvalue weighted by atomic mass is 19.1. The minimum atomic E-state index is -0.878. The first-order chi connectivity index (χ1) is 11.3. The first-order valence-electron chi connectivity index (χ1n) is 7.62. The third kappa shape index (κ3) is 7.17. The smallest absolute Gasteiger partial charge is 0.251 e. The van der Waals surface area contributed by atoms with Crippen LogP contribution in [0.1, 0.15) is 37.0 Å². The van der Waals surface area contributed by atoms with Crippen molar-refractivity contribution in [3.05, 3.63) is 35.4 Å². The van der Waals surface area contributed by atoms with Gasteiger partial charge in [-0.1, -0.05) is 6.92 Å². The summed E-state index contributed by atoms with van der Waals surface area (Å²) < 4.78 is 26.0. The van der Waals surface area contributed by atoms with Crippen molar-refractivity contribution in [2.24, 2.45) is 0 Å². The van der Waals surface area contributed by atoms with E-state index in [-0.39, 0.29) is 37.0 Å². The molecule has 0 saturated carbocycles. The third-order valence-electron chi connectivity index (χ3n) is 3.23. The molecule has 132 valence electrons. The van der Waals surface area contributed by atoms with Crippen LogP contribution in [0.3, 0.4) is 0 Å². The topological polar surface area (TPSA) is 87.3 Å². The molecular weight excluding hydrogens is 320 g/mol. The normalized spacial score (nSPS) is 11.5. The Kier molecular flexibility index (Phi) is 7.81. The molecule has 0 fully saturated rings. The largest absolute Gasteiger partial charge is 0.354 e. The Morgan fingerprint density at radius 1 is 1.04 bits per heavy atom. The van der Waals surface area contributed by atoms with Crippen molar-refractivity contribution < 1.29 is 23.2 Å². The molecule has 1 rings (SSSR count). The van der Waals surface area contributed by atoms with Crippen LogP contribution in [0.4, 0.5) is 8.78 Å². The number of rotatable bonds is 8. The molecule has 0 aromatic heterocycles. The maximum absolute atomic E-state index is 13.0. The molecule has 1 aromatic rings. The van der Waals surface area contributed by atoms with Gasteiger partial charge in [0.15, 0.2) is 0 Å². The van der Waals surface area contributed by atoms with E-state index in [1.165, 1.54) is 0 Å². The quantitative estimate of drug-likeness (QED) is 0.662. The van der Waals surface area contributed by atoms with Crippen molar-refractivity contribution in [1.82, 2.24) is 16.0 Å². The summed E-state index contributed by atoms with van der Waals surface area (Å²) in [5, 5.41) is 7.47. The maximum atomic E-state index is 13.0. The summed E-state index contributed by atoms with van der Waals surface area (Å²) in [6.45, 7) is 3.59.